The van der Waals surface area contributed by atoms with Gasteiger partial charge in [0.2, 0.25) is 0 Å². The Balaban J connectivity index is 2.17. The van der Waals surface area contributed by atoms with Crippen molar-refractivity contribution in [2.75, 3.05) is 24.6 Å². The molecule has 3 heteroatoms. The average Bonchev–Trinajstić information content (AvgIpc) is 2.04. The number of thioether (sulfide) groups is 1. The smallest absolute Gasteiger partial charge is 0.0787 e. The number of hydrogen-bond donors (Lipinski definition) is 2. The van der Waals surface area contributed by atoms with Gasteiger partial charge >= 0.3 is 0 Å². The molecule has 2 nitrogen and oxygen atoms in total. The van der Waals surface area contributed by atoms with Crippen molar-refractivity contribution >= 4 is 11.8 Å². The highest BCUT2D eigenvalue weighted by Crippen LogP contribution is 2.26. The van der Waals surface area contributed by atoms with Crippen LogP contribution in [-0.2, 0) is 0 Å². The van der Waals surface area contributed by atoms with Gasteiger partial charge in [-0.1, -0.05) is 13.8 Å². The molecule has 0 spiro atoms. The third-order valence-corrected chi connectivity index (χ3v) is 3.42. The van der Waals surface area contributed by atoms with Crippen LogP contribution in [0.2, 0.25) is 0 Å². The molecule has 1 saturated heterocycles. The second-order valence-corrected chi connectivity index (χ2v) is 5.59. The fourth-order valence-electron chi connectivity index (χ4n) is 1.52. The molecule has 1 aliphatic rings. The minimum atomic E-state index is -0.417. The minimum Gasteiger partial charge on any atom is -0.389 e. The number of hydrogen-bond acceptors (Lipinski definition) is 3. The van der Waals surface area contributed by atoms with Crippen LogP contribution in [0.1, 0.15) is 26.7 Å². The zero-order valence-electron chi connectivity index (χ0n) is 8.68. The molecule has 0 aromatic rings. The molecule has 0 amide bonds. The van der Waals surface area contributed by atoms with Crippen molar-refractivity contribution < 1.29 is 5.11 Å². The van der Waals surface area contributed by atoms with Gasteiger partial charge in [-0.15, -0.1) is 0 Å². The van der Waals surface area contributed by atoms with Crippen LogP contribution in [0.3, 0.4) is 0 Å². The van der Waals surface area contributed by atoms with E-state index in [0.29, 0.717) is 5.92 Å². The maximum absolute atomic E-state index is 10.1. The first-order valence-corrected chi connectivity index (χ1v) is 6.29. The maximum atomic E-state index is 10.1. The number of aliphatic hydroxyl groups is 1. The maximum Gasteiger partial charge on any atom is 0.0787 e. The fourth-order valence-corrected chi connectivity index (χ4v) is 2.77. The molecular formula is C10H21NOS. The summed E-state index contributed by atoms with van der Waals surface area (Å²) >= 11 is 1.95. The van der Waals surface area contributed by atoms with Gasteiger partial charge in [0.15, 0.2) is 0 Å². The van der Waals surface area contributed by atoms with Crippen LogP contribution in [0, 0.1) is 5.92 Å². The Hall–Kier alpha value is 0.270. The van der Waals surface area contributed by atoms with Gasteiger partial charge in [0, 0.05) is 6.54 Å². The molecule has 13 heavy (non-hydrogen) atoms. The molecule has 1 heterocycles. The van der Waals surface area contributed by atoms with Crippen LogP contribution >= 0.6 is 11.8 Å². The highest BCUT2D eigenvalue weighted by molar-refractivity contribution is 7.99. The molecule has 0 bridgehead atoms. The summed E-state index contributed by atoms with van der Waals surface area (Å²) in [6, 6.07) is 0. The Morgan fingerprint density at radius 1 is 1.38 bits per heavy atom. The second kappa shape index (κ2) is 5.23. The van der Waals surface area contributed by atoms with E-state index < -0.39 is 5.60 Å². The second-order valence-electron chi connectivity index (χ2n) is 4.36. The summed E-state index contributed by atoms with van der Waals surface area (Å²) in [6.45, 7) is 6.16. The number of nitrogens with one attached hydrogen (secondary N) is 1. The van der Waals surface area contributed by atoms with Gasteiger partial charge in [-0.3, -0.25) is 0 Å². The Morgan fingerprint density at radius 3 is 2.54 bits per heavy atom. The summed E-state index contributed by atoms with van der Waals surface area (Å²) in [5.74, 6) is 2.89. The van der Waals surface area contributed by atoms with Gasteiger partial charge in [-0.2, -0.15) is 11.8 Å². The molecule has 2 N–H and O–H groups in total. The molecule has 1 aliphatic heterocycles. The SMILES string of the molecule is CC(C)CNCC1(O)CCSCC1. The summed E-state index contributed by atoms with van der Waals surface area (Å²) < 4.78 is 0. The lowest BCUT2D eigenvalue weighted by Gasteiger charge is -2.32. The van der Waals surface area contributed by atoms with Crippen molar-refractivity contribution in [3.63, 3.8) is 0 Å². The van der Waals surface area contributed by atoms with Crippen molar-refractivity contribution in [2.45, 2.75) is 32.3 Å². The van der Waals surface area contributed by atoms with E-state index >= 15 is 0 Å². The van der Waals surface area contributed by atoms with Gasteiger partial charge in [0.25, 0.3) is 0 Å². The van der Waals surface area contributed by atoms with E-state index in [-0.39, 0.29) is 0 Å². The van der Waals surface area contributed by atoms with Crippen LogP contribution in [0.5, 0.6) is 0 Å². The van der Waals surface area contributed by atoms with Crippen LogP contribution in [0.15, 0.2) is 0 Å². The number of rotatable bonds is 4. The van der Waals surface area contributed by atoms with E-state index in [1.54, 1.807) is 0 Å². The van der Waals surface area contributed by atoms with Crippen molar-refractivity contribution in [2.24, 2.45) is 5.92 Å². The van der Waals surface area contributed by atoms with Gasteiger partial charge in [0.1, 0.15) is 0 Å². The molecular weight excluding hydrogens is 182 g/mol. The van der Waals surface area contributed by atoms with E-state index in [9.17, 15) is 5.11 Å². The summed E-state index contributed by atoms with van der Waals surface area (Å²) in [6.07, 6.45) is 1.89. The van der Waals surface area contributed by atoms with E-state index in [1.165, 1.54) is 0 Å². The monoisotopic (exact) mass is 203 g/mol. The molecule has 0 aliphatic carbocycles. The van der Waals surface area contributed by atoms with Gasteiger partial charge in [-0.05, 0) is 36.8 Å². The van der Waals surface area contributed by atoms with E-state index in [0.717, 1.165) is 37.4 Å². The van der Waals surface area contributed by atoms with Crippen molar-refractivity contribution in [3.8, 4) is 0 Å². The molecule has 1 fully saturated rings. The highest BCUT2D eigenvalue weighted by Gasteiger charge is 2.28. The Kier molecular flexibility index (Phi) is 4.56. The largest absolute Gasteiger partial charge is 0.389 e. The topological polar surface area (TPSA) is 32.3 Å². The van der Waals surface area contributed by atoms with Crippen molar-refractivity contribution in [1.82, 2.24) is 5.32 Å². The summed E-state index contributed by atoms with van der Waals surface area (Å²) in [5, 5.41) is 13.4. The van der Waals surface area contributed by atoms with Crippen LogP contribution in [0.4, 0.5) is 0 Å². The zero-order chi connectivity index (χ0) is 9.73. The Bertz CT molecular complexity index is 144. The van der Waals surface area contributed by atoms with Crippen LogP contribution in [-0.4, -0.2) is 35.3 Å². The fraction of sp³-hybridized carbons (Fsp3) is 1.00. The highest BCUT2D eigenvalue weighted by atomic mass is 32.2. The normalized spacial score (nSPS) is 22.2. The molecule has 78 valence electrons. The van der Waals surface area contributed by atoms with E-state index in [4.69, 9.17) is 0 Å². The standard InChI is InChI=1S/C10H21NOS/c1-9(2)7-11-8-10(12)3-5-13-6-4-10/h9,11-12H,3-8H2,1-2H3. The average molecular weight is 203 g/mol. The Morgan fingerprint density at radius 2 is 2.00 bits per heavy atom. The lowest BCUT2D eigenvalue weighted by molar-refractivity contribution is 0.0318. The predicted molar refractivity (Wildman–Crippen MR) is 59.2 cm³/mol. The Labute approximate surface area is 85.5 Å². The summed E-state index contributed by atoms with van der Waals surface area (Å²) in [5.41, 5.74) is -0.417. The van der Waals surface area contributed by atoms with Crippen LogP contribution < -0.4 is 5.32 Å². The van der Waals surface area contributed by atoms with Crippen LogP contribution in [0.25, 0.3) is 0 Å². The van der Waals surface area contributed by atoms with Gasteiger partial charge in [0.05, 0.1) is 5.60 Å². The van der Waals surface area contributed by atoms with Gasteiger partial charge in [-0.25, -0.2) is 0 Å². The lowest BCUT2D eigenvalue weighted by atomic mass is 9.97. The lowest BCUT2D eigenvalue weighted by Crippen LogP contribution is -2.44. The zero-order valence-corrected chi connectivity index (χ0v) is 9.49. The minimum absolute atomic E-state index is 0.417. The van der Waals surface area contributed by atoms with Gasteiger partial charge < -0.3 is 10.4 Å². The predicted octanol–water partition coefficient (Wildman–Crippen LogP) is 1.49. The third kappa shape index (κ3) is 4.34. The third-order valence-electron chi connectivity index (χ3n) is 2.43. The first-order valence-electron chi connectivity index (χ1n) is 5.13. The van der Waals surface area contributed by atoms with Crippen molar-refractivity contribution in [1.29, 1.82) is 0 Å². The molecule has 0 unspecified atom stereocenters. The summed E-state index contributed by atoms with van der Waals surface area (Å²) in [4.78, 5) is 0. The first-order chi connectivity index (χ1) is 6.12. The molecule has 0 aromatic heterocycles. The molecule has 0 aromatic carbocycles. The molecule has 0 saturated carbocycles. The molecule has 1 rings (SSSR count). The summed E-state index contributed by atoms with van der Waals surface area (Å²) in [7, 11) is 0. The first kappa shape index (κ1) is 11.3. The molecule has 0 atom stereocenters. The van der Waals surface area contributed by atoms with E-state index in [1.807, 2.05) is 11.8 Å². The van der Waals surface area contributed by atoms with Crippen molar-refractivity contribution in [3.05, 3.63) is 0 Å². The quantitative estimate of drug-likeness (QED) is 0.726. The van der Waals surface area contributed by atoms with E-state index in [2.05, 4.69) is 19.2 Å². The molecule has 0 radical (unpaired) electrons.